The predicted molar refractivity (Wildman–Crippen MR) is 43.1 cm³/mol. The van der Waals surface area contributed by atoms with Crippen molar-refractivity contribution in [2.24, 2.45) is 0 Å². The summed E-state index contributed by atoms with van der Waals surface area (Å²) in [6, 6.07) is 0. The molecule has 14 heavy (non-hydrogen) atoms. The number of hydrogen-bond donors (Lipinski definition) is 2. The topological polar surface area (TPSA) is 327 Å². The molecule has 0 saturated carbocycles. The van der Waals surface area contributed by atoms with Gasteiger partial charge >= 0.3 is 10.4 Å². The Labute approximate surface area is 98.1 Å². The smallest absolute Gasteiger partial charge is 0.394 e. The molecule has 0 bridgehead atoms. The third-order valence-corrected chi connectivity index (χ3v) is 0. The second kappa shape index (κ2) is 50.2. The van der Waals surface area contributed by atoms with Gasteiger partial charge in [-0.1, -0.05) is 0 Å². The quantitative estimate of drug-likeness (QED) is 0.407. The van der Waals surface area contributed by atoms with Crippen LogP contribution in [0, 0.1) is 0 Å². The first-order valence-electron chi connectivity index (χ1n) is 0.698. The van der Waals surface area contributed by atoms with Crippen LogP contribution < -0.4 is 0 Å². The molecule has 0 radical (unpaired) electrons. The van der Waals surface area contributed by atoms with Gasteiger partial charge in [-0.05, 0) is 0 Å². The number of hydrogen-bond acceptors (Lipinski definition) is 2. The average molecular weight is 333 g/mol. The Morgan fingerprint density at radius 3 is 0.571 bits per heavy atom. The minimum atomic E-state index is -4.67. The van der Waals surface area contributed by atoms with E-state index in [0.717, 1.165) is 0 Å². The molecule has 0 aliphatic carbocycles. The van der Waals surface area contributed by atoms with Crippen LogP contribution in [0.3, 0.4) is 0 Å². The van der Waals surface area contributed by atoms with Crippen molar-refractivity contribution in [3.8, 4) is 0 Å². The molecule has 0 atom stereocenters. The number of rotatable bonds is 0. The molecule has 14 heteroatoms. The maximum Gasteiger partial charge on any atom is 0.394 e. The first kappa shape index (κ1) is 133. The standard InChI is InChI=1S/H2O4S.8H2O.Zr/c1-5(2,3)4;;;;;;;;;/h(H2,1,2,3,4);8*1H2;. The second-order valence-corrected chi connectivity index (χ2v) is 1.34. The van der Waals surface area contributed by atoms with Crippen LogP contribution in [0.5, 0.6) is 0 Å². The molecular weight excluding hydrogens is 315 g/mol. The molecule has 0 aliphatic rings. The van der Waals surface area contributed by atoms with Gasteiger partial charge < -0.3 is 43.8 Å². The van der Waals surface area contributed by atoms with Gasteiger partial charge in [-0.3, -0.25) is 9.11 Å². The van der Waals surface area contributed by atoms with Crippen molar-refractivity contribution in [2.45, 2.75) is 0 Å². The molecule has 0 spiro atoms. The monoisotopic (exact) mass is 332 g/mol. The van der Waals surface area contributed by atoms with Gasteiger partial charge in [-0.25, -0.2) is 0 Å². The van der Waals surface area contributed by atoms with E-state index < -0.39 is 10.4 Å². The van der Waals surface area contributed by atoms with Gasteiger partial charge in [0, 0.05) is 26.2 Å². The molecule has 0 aromatic heterocycles. The van der Waals surface area contributed by atoms with Crippen LogP contribution in [0.1, 0.15) is 0 Å². The Bertz CT molecular complexity index is 93.5. The summed E-state index contributed by atoms with van der Waals surface area (Å²) in [5, 5.41) is 0. The summed E-state index contributed by atoms with van der Waals surface area (Å²) < 4.78 is 31.6. The van der Waals surface area contributed by atoms with E-state index in [2.05, 4.69) is 0 Å². The Hall–Kier alpha value is 0.433. The molecule has 0 aromatic carbocycles. The molecule has 0 rings (SSSR count). The summed E-state index contributed by atoms with van der Waals surface area (Å²) in [6.07, 6.45) is 0. The van der Waals surface area contributed by atoms with Crippen LogP contribution in [0.15, 0.2) is 0 Å². The third kappa shape index (κ3) is 8660. The van der Waals surface area contributed by atoms with Gasteiger partial charge in [0.1, 0.15) is 0 Å². The molecule has 0 amide bonds. The van der Waals surface area contributed by atoms with Crippen molar-refractivity contribution >= 4 is 10.4 Å². The fourth-order valence-corrected chi connectivity index (χ4v) is 0. The summed E-state index contributed by atoms with van der Waals surface area (Å²) in [5.74, 6) is 0. The van der Waals surface area contributed by atoms with Crippen molar-refractivity contribution in [1.29, 1.82) is 0 Å². The molecule has 0 fully saturated rings. The maximum absolute atomic E-state index is 8.74. The van der Waals surface area contributed by atoms with E-state index in [9.17, 15) is 0 Å². The SMILES string of the molecule is O.O.O.O.O.O.O.O.O=S(=O)(O)O.[Zr]. The van der Waals surface area contributed by atoms with Crippen LogP contribution in [0.25, 0.3) is 0 Å². The van der Waals surface area contributed by atoms with Crippen LogP contribution in [-0.2, 0) is 36.6 Å². The van der Waals surface area contributed by atoms with Gasteiger partial charge in [0.2, 0.25) is 0 Å². The Morgan fingerprint density at radius 1 is 0.571 bits per heavy atom. The van der Waals surface area contributed by atoms with Gasteiger partial charge in [0.25, 0.3) is 0 Å². The van der Waals surface area contributed by atoms with Crippen LogP contribution >= 0.6 is 0 Å². The molecule has 12 nitrogen and oxygen atoms in total. The largest absolute Gasteiger partial charge is 0.412 e. The zero-order valence-corrected chi connectivity index (χ0v) is 9.89. The molecule has 100 valence electrons. The van der Waals surface area contributed by atoms with E-state index in [1.54, 1.807) is 0 Å². The molecule has 18 N–H and O–H groups in total. The van der Waals surface area contributed by atoms with Crippen molar-refractivity contribution in [3.63, 3.8) is 0 Å². The van der Waals surface area contributed by atoms with E-state index in [1.165, 1.54) is 0 Å². The third-order valence-electron chi connectivity index (χ3n) is 0. The minimum absolute atomic E-state index is 0. The summed E-state index contributed by atoms with van der Waals surface area (Å²) in [4.78, 5) is 0. The summed E-state index contributed by atoms with van der Waals surface area (Å²) in [7, 11) is -4.67. The Balaban J connectivity index is -0.00000000222. The van der Waals surface area contributed by atoms with Crippen LogP contribution in [0.4, 0.5) is 0 Å². The zero-order chi connectivity index (χ0) is 4.50. The molecule has 0 heterocycles. The van der Waals surface area contributed by atoms with Gasteiger partial charge in [0.05, 0.1) is 0 Å². The van der Waals surface area contributed by atoms with Crippen molar-refractivity contribution in [3.05, 3.63) is 0 Å². The van der Waals surface area contributed by atoms with Crippen LogP contribution in [-0.4, -0.2) is 61.3 Å². The van der Waals surface area contributed by atoms with Crippen molar-refractivity contribution in [2.75, 3.05) is 0 Å². The van der Waals surface area contributed by atoms with E-state index in [0.29, 0.717) is 0 Å². The zero-order valence-electron chi connectivity index (χ0n) is 6.62. The maximum atomic E-state index is 8.74. The van der Waals surface area contributed by atoms with Gasteiger partial charge in [-0.15, -0.1) is 0 Å². The van der Waals surface area contributed by atoms with E-state index >= 15 is 0 Å². The van der Waals surface area contributed by atoms with E-state index in [-0.39, 0.29) is 70.0 Å². The van der Waals surface area contributed by atoms with Gasteiger partial charge in [-0.2, -0.15) is 8.42 Å². The van der Waals surface area contributed by atoms with E-state index in [4.69, 9.17) is 17.5 Å². The summed E-state index contributed by atoms with van der Waals surface area (Å²) >= 11 is 0. The fourth-order valence-electron chi connectivity index (χ4n) is 0. The van der Waals surface area contributed by atoms with E-state index in [1.807, 2.05) is 0 Å². The molecule has 0 aliphatic heterocycles. The first-order chi connectivity index (χ1) is 2.00. The van der Waals surface area contributed by atoms with Crippen LogP contribution in [0.2, 0.25) is 0 Å². The predicted octanol–water partition coefficient (Wildman–Crippen LogP) is -7.25. The Kier molecular flexibility index (Phi) is 475. The minimum Gasteiger partial charge on any atom is -0.412 e. The molecule has 0 unspecified atom stereocenters. The molecular formula is H18O12SZr. The summed E-state index contributed by atoms with van der Waals surface area (Å²) in [6.45, 7) is 0. The first-order valence-corrected chi connectivity index (χ1v) is 2.10. The normalized spacial score (nSPS) is 4.14. The molecule has 0 aromatic rings. The van der Waals surface area contributed by atoms with Crippen molar-refractivity contribution < 1.29 is 87.5 Å². The second-order valence-electron chi connectivity index (χ2n) is 0.448. The van der Waals surface area contributed by atoms with Crippen molar-refractivity contribution in [1.82, 2.24) is 0 Å². The average Bonchev–Trinajstić information content (AvgIpc) is 0.722. The summed E-state index contributed by atoms with van der Waals surface area (Å²) in [5.41, 5.74) is 0. The van der Waals surface area contributed by atoms with Gasteiger partial charge in [0.15, 0.2) is 0 Å². The Morgan fingerprint density at radius 2 is 0.571 bits per heavy atom. The fraction of sp³-hybridized carbons (Fsp3) is 0. The molecule has 0 saturated heterocycles.